The molecule has 0 bridgehead atoms. The summed E-state index contributed by atoms with van der Waals surface area (Å²) in [5.41, 5.74) is 4.86. The summed E-state index contributed by atoms with van der Waals surface area (Å²) in [6.07, 6.45) is 3.52. The Bertz CT molecular complexity index is 264. The van der Waals surface area contributed by atoms with E-state index in [1.54, 1.807) is 0 Å². The normalized spacial score (nSPS) is 17.1. The van der Waals surface area contributed by atoms with Gasteiger partial charge in [0.25, 0.3) is 0 Å². The molecule has 1 aliphatic rings. The molecule has 0 aromatic rings. The molecule has 0 aromatic heterocycles. The SMILES string of the molecule is CN(CCC1CCNCC1)CC(=O)NC(N)=O. The Hall–Kier alpha value is -1.14. The maximum absolute atomic E-state index is 11.3. The number of rotatable bonds is 5. The molecule has 1 fully saturated rings. The van der Waals surface area contributed by atoms with Gasteiger partial charge in [0.05, 0.1) is 6.54 Å². The van der Waals surface area contributed by atoms with Gasteiger partial charge in [0.2, 0.25) is 5.91 Å². The summed E-state index contributed by atoms with van der Waals surface area (Å²) < 4.78 is 0. The van der Waals surface area contributed by atoms with Gasteiger partial charge >= 0.3 is 6.03 Å². The quantitative estimate of drug-likeness (QED) is 0.606. The van der Waals surface area contributed by atoms with Crippen molar-refractivity contribution in [2.45, 2.75) is 19.3 Å². The maximum Gasteiger partial charge on any atom is 0.318 e. The number of hydrogen-bond acceptors (Lipinski definition) is 4. The number of primary amides is 1. The van der Waals surface area contributed by atoms with Gasteiger partial charge in [-0.05, 0) is 51.9 Å². The Morgan fingerprint density at radius 1 is 1.41 bits per heavy atom. The first-order chi connectivity index (χ1) is 8.08. The van der Waals surface area contributed by atoms with Crippen LogP contribution in [-0.4, -0.2) is 50.1 Å². The number of piperidine rings is 1. The van der Waals surface area contributed by atoms with Crippen LogP contribution in [0.1, 0.15) is 19.3 Å². The van der Waals surface area contributed by atoms with E-state index >= 15 is 0 Å². The van der Waals surface area contributed by atoms with Gasteiger partial charge < -0.3 is 11.1 Å². The Balaban J connectivity index is 2.13. The second kappa shape index (κ2) is 7.24. The Morgan fingerprint density at radius 3 is 2.65 bits per heavy atom. The molecule has 1 heterocycles. The number of likely N-dealkylation sites (N-methyl/N-ethyl adjacent to an activating group) is 1. The van der Waals surface area contributed by atoms with E-state index in [9.17, 15) is 9.59 Å². The number of urea groups is 1. The molecule has 0 atom stereocenters. The van der Waals surface area contributed by atoms with Crippen molar-refractivity contribution < 1.29 is 9.59 Å². The minimum Gasteiger partial charge on any atom is -0.351 e. The summed E-state index contributed by atoms with van der Waals surface area (Å²) >= 11 is 0. The van der Waals surface area contributed by atoms with Crippen molar-refractivity contribution >= 4 is 11.9 Å². The molecule has 0 aliphatic carbocycles. The third kappa shape index (κ3) is 6.23. The first kappa shape index (κ1) is 13.9. The van der Waals surface area contributed by atoms with E-state index in [-0.39, 0.29) is 12.5 Å². The topological polar surface area (TPSA) is 87.5 Å². The van der Waals surface area contributed by atoms with Crippen LogP contribution in [0.5, 0.6) is 0 Å². The zero-order valence-electron chi connectivity index (χ0n) is 10.4. The van der Waals surface area contributed by atoms with Crippen LogP contribution in [0.25, 0.3) is 0 Å². The average Bonchev–Trinajstić information content (AvgIpc) is 2.26. The van der Waals surface area contributed by atoms with Gasteiger partial charge in [-0.3, -0.25) is 15.0 Å². The number of nitrogens with zero attached hydrogens (tertiary/aromatic N) is 1. The smallest absolute Gasteiger partial charge is 0.318 e. The molecular formula is C11H22N4O2. The van der Waals surface area contributed by atoms with Crippen molar-refractivity contribution in [3.63, 3.8) is 0 Å². The monoisotopic (exact) mass is 242 g/mol. The highest BCUT2D eigenvalue weighted by molar-refractivity contribution is 5.94. The second-order valence-corrected chi connectivity index (χ2v) is 4.63. The van der Waals surface area contributed by atoms with Crippen molar-refractivity contribution in [2.75, 3.05) is 33.2 Å². The summed E-state index contributed by atoms with van der Waals surface area (Å²) in [5.74, 6) is 0.406. The van der Waals surface area contributed by atoms with Crippen LogP contribution in [0.15, 0.2) is 0 Å². The predicted octanol–water partition coefficient (Wildman–Crippen LogP) is -0.497. The molecule has 0 unspecified atom stereocenters. The van der Waals surface area contributed by atoms with Crippen molar-refractivity contribution in [2.24, 2.45) is 11.7 Å². The van der Waals surface area contributed by atoms with Gasteiger partial charge in [-0.2, -0.15) is 0 Å². The molecule has 17 heavy (non-hydrogen) atoms. The zero-order chi connectivity index (χ0) is 12.7. The molecule has 0 spiro atoms. The van der Waals surface area contributed by atoms with Crippen LogP contribution in [0.4, 0.5) is 4.79 Å². The lowest BCUT2D eigenvalue weighted by Crippen LogP contribution is -2.41. The van der Waals surface area contributed by atoms with Gasteiger partial charge in [0.1, 0.15) is 0 Å². The van der Waals surface area contributed by atoms with Gasteiger partial charge in [-0.25, -0.2) is 4.79 Å². The molecule has 0 saturated carbocycles. The first-order valence-electron chi connectivity index (χ1n) is 6.06. The molecular weight excluding hydrogens is 220 g/mol. The van der Waals surface area contributed by atoms with Crippen LogP contribution in [-0.2, 0) is 4.79 Å². The fraction of sp³-hybridized carbons (Fsp3) is 0.818. The minimum absolute atomic E-state index is 0.216. The Kier molecular flexibility index (Phi) is 5.93. The molecule has 0 aromatic carbocycles. The zero-order valence-corrected chi connectivity index (χ0v) is 10.4. The van der Waals surface area contributed by atoms with Gasteiger partial charge in [0, 0.05) is 0 Å². The lowest BCUT2D eigenvalue weighted by Gasteiger charge is -2.24. The summed E-state index contributed by atoms with van der Waals surface area (Å²) in [5, 5.41) is 5.39. The Morgan fingerprint density at radius 2 is 2.06 bits per heavy atom. The summed E-state index contributed by atoms with van der Waals surface area (Å²) in [6.45, 7) is 3.28. The number of amides is 3. The number of nitrogens with one attached hydrogen (secondary N) is 2. The molecule has 1 rings (SSSR count). The van der Waals surface area contributed by atoms with E-state index in [1.165, 1.54) is 12.8 Å². The van der Waals surface area contributed by atoms with E-state index in [2.05, 4.69) is 10.6 Å². The second-order valence-electron chi connectivity index (χ2n) is 4.63. The standard InChI is InChI=1S/C11H22N4O2/c1-15(8-10(16)14-11(12)17)7-4-9-2-5-13-6-3-9/h9,13H,2-8H2,1H3,(H3,12,14,16,17). The molecule has 0 radical (unpaired) electrons. The van der Waals surface area contributed by atoms with E-state index in [0.717, 1.165) is 32.0 Å². The summed E-state index contributed by atoms with van der Waals surface area (Å²) in [7, 11) is 1.88. The van der Waals surface area contributed by atoms with Crippen LogP contribution in [0.3, 0.4) is 0 Å². The van der Waals surface area contributed by atoms with Crippen LogP contribution in [0, 0.1) is 5.92 Å². The van der Waals surface area contributed by atoms with E-state index in [4.69, 9.17) is 5.73 Å². The molecule has 1 aliphatic heterocycles. The fourth-order valence-electron chi connectivity index (χ4n) is 2.07. The number of carbonyl (C=O) groups is 2. The highest BCUT2D eigenvalue weighted by atomic mass is 16.2. The van der Waals surface area contributed by atoms with Gasteiger partial charge in [0.15, 0.2) is 0 Å². The third-order valence-electron chi connectivity index (χ3n) is 3.05. The molecule has 4 N–H and O–H groups in total. The largest absolute Gasteiger partial charge is 0.351 e. The molecule has 1 saturated heterocycles. The first-order valence-corrected chi connectivity index (χ1v) is 6.06. The van der Waals surface area contributed by atoms with Crippen LogP contribution >= 0.6 is 0 Å². The van der Waals surface area contributed by atoms with Gasteiger partial charge in [-0.1, -0.05) is 0 Å². The molecule has 6 nitrogen and oxygen atoms in total. The Labute approximate surface area is 102 Å². The predicted molar refractivity (Wildman–Crippen MR) is 65.4 cm³/mol. The lowest BCUT2D eigenvalue weighted by molar-refractivity contribution is -0.120. The summed E-state index contributed by atoms with van der Waals surface area (Å²) in [4.78, 5) is 23.6. The number of hydrogen-bond donors (Lipinski definition) is 3. The molecule has 98 valence electrons. The van der Waals surface area contributed by atoms with Crippen LogP contribution < -0.4 is 16.4 Å². The molecule has 6 heteroatoms. The van der Waals surface area contributed by atoms with Crippen molar-refractivity contribution in [3.8, 4) is 0 Å². The molecule has 3 amide bonds. The number of carbonyl (C=O) groups excluding carboxylic acids is 2. The summed E-state index contributed by atoms with van der Waals surface area (Å²) in [6, 6.07) is -0.790. The van der Waals surface area contributed by atoms with Crippen molar-refractivity contribution in [1.82, 2.24) is 15.5 Å². The fourth-order valence-corrected chi connectivity index (χ4v) is 2.07. The van der Waals surface area contributed by atoms with Crippen LogP contribution in [0.2, 0.25) is 0 Å². The highest BCUT2D eigenvalue weighted by Gasteiger charge is 2.14. The number of nitrogens with two attached hydrogens (primary N) is 1. The van der Waals surface area contributed by atoms with Gasteiger partial charge in [-0.15, -0.1) is 0 Å². The minimum atomic E-state index is -0.790. The van der Waals surface area contributed by atoms with Crippen molar-refractivity contribution in [1.29, 1.82) is 0 Å². The number of imide groups is 1. The van der Waals surface area contributed by atoms with E-state index < -0.39 is 6.03 Å². The van der Waals surface area contributed by atoms with E-state index in [0.29, 0.717) is 0 Å². The van der Waals surface area contributed by atoms with E-state index in [1.807, 2.05) is 11.9 Å². The maximum atomic E-state index is 11.3. The highest BCUT2D eigenvalue weighted by Crippen LogP contribution is 2.15. The average molecular weight is 242 g/mol. The van der Waals surface area contributed by atoms with Crippen molar-refractivity contribution in [3.05, 3.63) is 0 Å². The third-order valence-corrected chi connectivity index (χ3v) is 3.05. The lowest BCUT2D eigenvalue weighted by atomic mass is 9.94.